The highest BCUT2D eigenvalue weighted by Gasteiger charge is 2.18. The van der Waals surface area contributed by atoms with Crippen LogP contribution in [0.15, 0.2) is 46.1 Å². The average molecular weight is 257 g/mol. The second-order valence-corrected chi connectivity index (χ2v) is 5.18. The Morgan fingerprint density at radius 2 is 1.94 bits per heavy atom. The van der Waals surface area contributed by atoms with Crippen molar-refractivity contribution in [3.63, 3.8) is 0 Å². The Morgan fingerprint density at radius 1 is 1.17 bits per heavy atom. The molecule has 1 aromatic heterocycles. The molecule has 0 spiro atoms. The molecule has 2 aromatic rings. The van der Waals surface area contributed by atoms with Gasteiger partial charge in [-0.2, -0.15) is 11.3 Å². The summed E-state index contributed by atoms with van der Waals surface area (Å²) in [6.07, 6.45) is 1.04. The fraction of sp³-hybridized carbons (Fsp3) is 0.267. The van der Waals surface area contributed by atoms with E-state index in [0.717, 1.165) is 24.5 Å². The Bertz CT molecular complexity index is 542. The number of rotatable bonds is 3. The molecule has 92 valence electrons. The summed E-state index contributed by atoms with van der Waals surface area (Å²) in [5, 5.41) is 4.25. The minimum atomic E-state index is 0.330. The molecule has 0 radical (unpaired) electrons. The highest BCUT2D eigenvalue weighted by atomic mass is 32.1. The van der Waals surface area contributed by atoms with Crippen LogP contribution in [0.4, 0.5) is 0 Å². The Hall–Kier alpha value is -1.61. The van der Waals surface area contributed by atoms with Crippen molar-refractivity contribution in [3.05, 3.63) is 46.7 Å². The second-order valence-electron chi connectivity index (χ2n) is 4.40. The SMILES string of the molecule is CCC1COC(c2ccc(-c3ccsc3)cc2)=N1. The number of benzene rings is 1. The smallest absolute Gasteiger partial charge is 0.216 e. The molecular formula is C15H15NOS. The summed E-state index contributed by atoms with van der Waals surface area (Å²) in [7, 11) is 0. The van der Waals surface area contributed by atoms with Crippen molar-refractivity contribution >= 4 is 17.2 Å². The first kappa shape index (κ1) is 11.5. The zero-order chi connectivity index (χ0) is 12.4. The van der Waals surface area contributed by atoms with Gasteiger partial charge in [-0.3, -0.25) is 0 Å². The Morgan fingerprint density at radius 3 is 2.56 bits per heavy atom. The lowest BCUT2D eigenvalue weighted by Crippen LogP contribution is -2.03. The van der Waals surface area contributed by atoms with Crippen molar-refractivity contribution in [2.45, 2.75) is 19.4 Å². The van der Waals surface area contributed by atoms with E-state index >= 15 is 0 Å². The molecule has 0 aliphatic carbocycles. The van der Waals surface area contributed by atoms with Gasteiger partial charge in [-0.15, -0.1) is 0 Å². The van der Waals surface area contributed by atoms with E-state index in [2.05, 4.69) is 53.0 Å². The van der Waals surface area contributed by atoms with Crippen LogP contribution in [0.5, 0.6) is 0 Å². The van der Waals surface area contributed by atoms with E-state index in [4.69, 9.17) is 4.74 Å². The van der Waals surface area contributed by atoms with Crippen LogP contribution in [0.3, 0.4) is 0 Å². The Balaban J connectivity index is 1.84. The molecule has 1 atom stereocenters. The van der Waals surface area contributed by atoms with Crippen molar-refractivity contribution in [2.24, 2.45) is 4.99 Å². The molecule has 2 nitrogen and oxygen atoms in total. The minimum Gasteiger partial charge on any atom is -0.475 e. The fourth-order valence-corrected chi connectivity index (χ4v) is 2.68. The van der Waals surface area contributed by atoms with E-state index in [1.165, 1.54) is 11.1 Å². The van der Waals surface area contributed by atoms with E-state index in [0.29, 0.717) is 6.04 Å². The topological polar surface area (TPSA) is 21.6 Å². The summed E-state index contributed by atoms with van der Waals surface area (Å²) >= 11 is 1.72. The number of nitrogens with zero attached hydrogens (tertiary/aromatic N) is 1. The third-order valence-electron chi connectivity index (χ3n) is 3.17. The fourth-order valence-electron chi connectivity index (χ4n) is 2.02. The minimum absolute atomic E-state index is 0.330. The third kappa shape index (κ3) is 2.18. The van der Waals surface area contributed by atoms with Gasteiger partial charge < -0.3 is 4.74 Å². The molecule has 1 aliphatic heterocycles. The average Bonchev–Trinajstić information content (AvgIpc) is 3.10. The van der Waals surface area contributed by atoms with Crippen LogP contribution in [-0.2, 0) is 4.74 Å². The van der Waals surface area contributed by atoms with Gasteiger partial charge in [0.05, 0.1) is 6.04 Å². The molecule has 3 heteroatoms. The lowest BCUT2D eigenvalue weighted by Gasteiger charge is -2.03. The van der Waals surface area contributed by atoms with E-state index in [9.17, 15) is 0 Å². The highest BCUT2D eigenvalue weighted by molar-refractivity contribution is 7.08. The molecule has 1 aromatic carbocycles. The molecule has 18 heavy (non-hydrogen) atoms. The normalized spacial score (nSPS) is 18.5. The predicted octanol–water partition coefficient (Wildman–Crippen LogP) is 3.97. The lowest BCUT2D eigenvalue weighted by atomic mass is 10.1. The monoisotopic (exact) mass is 257 g/mol. The second kappa shape index (κ2) is 4.94. The highest BCUT2D eigenvalue weighted by Crippen LogP contribution is 2.23. The van der Waals surface area contributed by atoms with Gasteiger partial charge in [0, 0.05) is 5.56 Å². The quantitative estimate of drug-likeness (QED) is 0.815. The number of ether oxygens (including phenoxy) is 1. The molecule has 2 heterocycles. The molecule has 0 N–H and O–H groups in total. The summed E-state index contributed by atoms with van der Waals surface area (Å²) in [6, 6.07) is 10.9. The molecule has 0 amide bonds. The molecule has 0 saturated heterocycles. The van der Waals surface area contributed by atoms with Gasteiger partial charge in [0.1, 0.15) is 6.61 Å². The number of aliphatic imine (C=N–C) groups is 1. The Kier molecular flexibility index (Phi) is 3.15. The van der Waals surface area contributed by atoms with Gasteiger partial charge in [-0.05, 0) is 46.5 Å². The molecule has 0 saturated carbocycles. The van der Waals surface area contributed by atoms with Crippen LogP contribution in [0.25, 0.3) is 11.1 Å². The van der Waals surface area contributed by atoms with Crippen LogP contribution in [0.1, 0.15) is 18.9 Å². The molecule has 0 bridgehead atoms. The van der Waals surface area contributed by atoms with Gasteiger partial charge >= 0.3 is 0 Å². The molecule has 1 unspecified atom stereocenters. The Labute approximate surface area is 111 Å². The van der Waals surface area contributed by atoms with E-state index in [-0.39, 0.29) is 0 Å². The third-order valence-corrected chi connectivity index (χ3v) is 3.85. The summed E-state index contributed by atoms with van der Waals surface area (Å²) in [6.45, 7) is 2.86. The molecule has 1 aliphatic rings. The van der Waals surface area contributed by atoms with Gasteiger partial charge in [0.15, 0.2) is 0 Å². The van der Waals surface area contributed by atoms with Gasteiger partial charge in [-0.1, -0.05) is 19.1 Å². The maximum Gasteiger partial charge on any atom is 0.216 e. The van der Waals surface area contributed by atoms with Gasteiger partial charge in [0.25, 0.3) is 0 Å². The first-order valence-electron chi connectivity index (χ1n) is 6.20. The van der Waals surface area contributed by atoms with Crippen LogP contribution < -0.4 is 0 Å². The molecule has 0 fully saturated rings. The van der Waals surface area contributed by atoms with Gasteiger partial charge in [-0.25, -0.2) is 4.99 Å². The zero-order valence-corrected chi connectivity index (χ0v) is 11.1. The van der Waals surface area contributed by atoms with E-state index in [1.54, 1.807) is 11.3 Å². The first-order chi connectivity index (χ1) is 8.86. The zero-order valence-electron chi connectivity index (χ0n) is 10.3. The largest absolute Gasteiger partial charge is 0.475 e. The summed E-state index contributed by atoms with van der Waals surface area (Å²) in [5.41, 5.74) is 3.59. The van der Waals surface area contributed by atoms with Crippen molar-refractivity contribution in [1.29, 1.82) is 0 Å². The summed E-state index contributed by atoms with van der Waals surface area (Å²) in [4.78, 5) is 4.57. The van der Waals surface area contributed by atoms with Crippen molar-refractivity contribution < 1.29 is 4.74 Å². The van der Waals surface area contributed by atoms with Crippen LogP contribution in [0.2, 0.25) is 0 Å². The van der Waals surface area contributed by atoms with E-state index in [1.807, 2.05) is 0 Å². The van der Waals surface area contributed by atoms with E-state index < -0.39 is 0 Å². The molecular weight excluding hydrogens is 242 g/mol. The summed E-state index contributed by atoms with van der Waals surface area (Å²) < 4.78 is 5.63. The maximum atomic E-state index is 5.63. The first-order valence-corrected chi connectivity index (χ1v) is 7.14. The van der Waals surface area contributed by atoms with Crippen molar-refractivity contribution in [2.75, 3.05) is 6.61 Å². The lowest BCUT2D eigenvalue weighted by molar-refractivity contribution is 0.315. The van der Waals surface area contributed by atoms with Crippen molar-refractivity contribution in [3.8, 4) is 11.1 Å². The van der Waals surface area contributed by atoms with Crippen molar-refractivity contribution in [1.82, 2.24) is 0 Å². The molecule has 3 rings (SSSR count). The maximum absolute atomic E-state index is 5.63. The van der Waals surface area contributed by atoms with Crippen LogP contribution in [-0.4, -0.2) is 18.5 Å². The van der Waals surface area contributed by atoms with Gasteiger partial charge in [0.2, 0.25) is 5.90 Å². The number of hydrogen-bond donors (Lipinski definition) is 0. The van der Waals surface area contributed by atoms with Crippen LogP contribution in [0, 0.1) is 0 Å². The standard InChI is InChI=1S/C15H15NOS/c1-2-14-9-17-15(16-14)12-5-3-11(4-6-12)13-7-8-18-10-13/h3-8,10,14H,2,9H2,1H3. The summed E-state index contributed by atoms with van der Waals surface area (Å²) in [5.74, 6) is 0.790. The number of thiophene rings is 1. The predicted molar refractivity (Wildman–Crippen MR) is 76.3 cm³/mol. The number of hydrogen-bond acceptors (Lipinski definition) is 3. The van der Waals surface area contributed by atoms with Crippen LogP contribution >= 0.6 is 11.3 Å².